The van der Waals surface area contributed by atoms with Gasteiger partial charge in [0.05, 0.1) is 18.1 Å². The predicted molar refractivity (Wildman–Crippen MR) is 107 cm³/mol. The number of hydrogen-bond acceptors (Lipinski definition) is 6. The average molecular weight is 405 g/mol. The number of nitrogens with zero attached hydrogens (tertiary/aromatic N) is 2. The van der Waals surface area contributed by atoms with Crippen molar-refractivity contribution in [1.29, 1.82) is 0 Å². The number of thioether (sulfide) groups is 1. The molecule has 1 aliphatic rings. The molecule has 0 atom stereocenters. The van der Waals surface area contributed by atoms with Crippen molar-refractivity contribution in [3.05, 3.63) is 50.3 Å². The van der Waals surface area contributed by atoms with Crippen LogP contribution in [0.2, 0.25) is 0 Å². The Balaban J connectivity index is 1.76. The second-order valence-electron chi connectivity index (χ2n) is 6.14. The van der Waals surface area contributed by atoms with Crippen molar-refractivity contribution in [2.24, 2.45) is 0 Å². The van der Waals surface area contributed by atoms with E-state index in [0.717, 1.165) is 32.9 Å². The molecule has 0 aromatic carbocycles. The highest BCUT2D eigenvalue weighted by molar-refractivity contribution is 8.18. The maximum atomic E-state index is 12.8. The third-order valence-electron chi connectivity index (χ3n) is 4.38. The van der Waals surface area contributed by atoms with Gasteiger partial charge in [0.25, 0.3) is 11.1 Å². The zero-order valence-electron chi connectivity index (χ0n) is 15.4. The van der Waals surface area contributed by atoms with Crippen LogP contribution in [0.5, 0.6) is 0 Å². The molecule has 2 amide bonds. The van der Waals surface area contributed by atoms with Crippen LogP contribution in [0.25, 0.3) is 6.08 Å². The Morgan fingerprint density at radius 3 is 2.74 bits per heavy atom. The fraction of sp³-hybridized carbons (Fsp3) is 0.316. The second kappa shape index (κ2) is 8.24. The van der Waals surface area contributed by atoms with Gasteiger partial charge in [-0.15, -0.1) is 11.3 Å². The van der Waals surface area contributed by atoms with E-state index < -0.39 is 11.1 Å². The van der Waals surface area contributed by atoms with Crippen LogP contribution >= 0.6 is 23.1 Å². The summed E-state index contributed by atoms with van der Waals surface area (Å²) in [6.07, 6.45) is 1.69. The average Bonchev–Trinajstić information content (AvgIpc) is 3.30. The molecule has 0 bridgehead atoms. The Morgan fingerprint density at radius 1 is 1.30 bits per heavy atom. The summed E-state index contributed by atoms with van der Waals surface area (Å²) in [4.78, 5) is 39.8. The highest BCUT2D eigenvalue weighted by Gasteiger charge is 2.36. The van der Waals surface area contributed by atoms with Crippen molar-refractivity contribution < 1.29 is 19.1 Å². The lowest BCUT2D eigenvalue weighted by Gasteiger charge is -2.12. The fourth-order valence-corrected chi connectivity index (χ4v) is 4.54. The minimum Gasteiger partial charge on any atom is -0.383 e. The monoisotopic (exact) mass is 404 g/mol. The van der Waals surface area contributed by atoms with Crippen LogP contribution in [0.15, 0.2) is 28.5 Å². The minimum absolute atomic E-state index is 0.244. The van der Waals surface area contributed by atoms with E-state index in [1.165, 1.54) is 11.3 Å². The Morgan fingerprint density at radius 2 is 2.07 bits per heavy atom. The van der Waals surface area contributed by atoms with E-state index in [4.69, 9.17) is 4.74 Å². The minimum atomic E-state index is -0.417. The zero-order valence-corrected chi connectivity index (χ0v) is 17.0. The fourth-order valence-electron chi connectivity index (χ4n) is 2.98. The van der Waals surface area contributed by atoms with Crippen molar-refractivity contribution >= 4 is 46.1 Å². The Kier molecular flexibility index (Phi) is 5.98. The molecule has 0 spiro atoms. The van der Waals surface area contributed by atoms with Gasteiger partial charge in [0.1, 0.15) is 0 Å². The van der Waals surface area contributed by atoms with E-state index in [1.54, 1.807) is 19.3 Å². The van der Waals surface area contributed by atoms with Crippen molar-refractivity contribution in [2.75, 3.05) is 20.3 Å². The van der Waals surface area contributed by atoms with Crippen LogP contribution in [-0.2, 0) is 16.1 Å². The number of imide groups is 1. The number of amides is 2. The summed E-state index contributed by atoms with van der Waals surface area (Å²) in [6, 6.07) is 5.55. The largest absolute Gasteiger partial charge is 0.383 e. The lowest BCUT2D eigenvalue weighted by molar-refractivity contribution is -0.122. The number of rotatable bonds is 7. The van der Waals surface area contributed by atoms with Crippen LogP contribution in [0.3, 0.4) is 0 Å². The van der Waals surface area contributed by atoms with Gasteiger partial charge in [-0.3, -0.25) is 19.3 Å². The molecule has 0 aliphatic carbocycles. The molecular weight excluding hydrogens is 384 g/mol. The van der Waals surface area contributed by atoms with Crippen molar-refractivity contribution in [3.63, 3.8) is 0 Å². The smallest absolute Gasteiger partial charge is 0.293 e. The SMILES string of the molecule is COCCn1c(C)cc(C(=O)CN2C(=O)S/C(=C\c3cccs3)C2=O)c1C. The molecule has 0 saturated carbocycles. The standard InChI is InChI=1S/C19H20N2O4S2/c1-12-9-15(13(2)20(12)6-7-25-3)16(22)11-21-18(23)17(27-19(21)24)10-14-5-4-8-26-14/h4-5,8-10H,6-7,11H2,1-3H3/b17-10-. The van der Waals surface area contributed by atoms with Crippen LogP contribution in [0.4, 0.5) is 4.79 Å². The number of methoxy groups -OCH3 is 1. The molecule has 8 heteroatoms. The topological polar surface area (TPSA) is 68.6 Å². The first kappa shape index (κ1) is 19.6. The lowest BCUT2D eigenvalue weighted by atomic mass is 10.1. The first-order valence-corrected chi connectivity index (χ1v) is 10.1. The third-order valence-corrected chi connectivity index (χ3v) is 6.11. The van der Waals surface area contributed by atoms with E-state index in [2.05, 4.69) is 0 Å². The molecule has 1 fully saturated rings. The number of carbonyl (C=O) groups excluding carboxylic acids is 3. The molecule has 1 saturated heterocycles. The van der Waals surface area contributed by atoms with Gasteiger partial charge in [-0.05, 0) is 49.2 Å². The maximum absolute atomic E-state index is 12.8. The number of ether oxygens (including phenoxy) is 1. The first-order valence-electron chi connectivity index (χ1n) is 8.40. The summed E-state index contributed by atoms with van der Waals surface area (Å²) in [6.45, 7) is 4.72. The van der Waals surface area contributed by atoms with Crippen LogP contribution in [0.1, 0.15) is 26.6 Å². The number of Topliss-reactive ketones (excluding diaryl/α,β-unsaturated/α-hetero) is 1. The molecule has 6 nitrogen and oxygen atoms in total. The molecule has 3 heterocycles. The van der Waals surface area contributed by atoms with E-state index in [0.29, 0.717) is 23.6 Å². The quantitative estimate of drug-likeness (QED) is 0.520. The van der Waals surface area contributed by atoms with Gasteiger partial charge in [-0.2, -0.15) is 0 Å². The Bertz CT molecular complexity index is 913. The number of aryl methyl sites for hydroxylation is 1. The number of aromatic nitrogens is 1. The van der Waals surface area contributed by atoms with Crippen LogP contribution < -0.4 is 0 Å². The van der Waals surface area contributed by atoms with E-state index in [9.17, 15) is 14.4 Å². The lowest BCUT2D eigenvalue weighted by Crippen LogP contribution is -2.33. The summed E-state index contributed by atoms with van der Waals surface area (Å²) in [5, 5.41) is 1.49. The molecule has 27 heavy (non-hydrogen) atoms. The Hall–Kier alpha value is -2.16. The molecule has 1 aliphatic heterocycles. The summed E-state index contributed by atoms with van der Waals surface area (Å²) in [5.41, 5.74) is 2.29. The molecule has 0 radical (unpaired) electrons. The van der Waals surface area contributed by atoms with Gasteiger partial charge in [-0.25, -0.2) is 0 Å². The van der Waals surface area contributed by atoms with Gasteiger partial charge < -0.3 is 9.30 Å². The van der Waals surface area contributed by atoms with E-state index in [-0.39, 0.29) is 12.3 Å². The van der Waals surface area contributed by atoms with Gasteiger partial charge in [-0.1, -0.05) is 6.07 Å². The second-order valence-corrected chi connectivity index (χ2v) is 8.11. The van der Waals surface area contributed by atoms with Gasteiger partial charge in [0.15, 0.2) is 5.78 Å². The molecule has 142 valence electrons. The number of hydrogen-bond donors (Lipinski definition) is 0. The first-order chi connectivity index (χ1) is 12.9. The number of ketones is 1. The van der Waals surface area contributed by atoms with Crippen molar-refractivity contribution in [3.8, 4) is 0 Å². The number of thiophene rings is 1. The molecule has 3 rings (SSSR count). The predicted octanol–water partition coefficient (Wildman–Crippen LogP) is 3.73. The summed E-state index contributed by atoms with van der Waals surface area (Å²) >= 11 is 2.36. The van der Waals surface area contributed by atoms with Gasteiger partial charge in [0.2, 0.25) is 0 Å². The molecule has 0 unspecified atom stereocenters. The number of carbonyl (C=O) groups is 3. The maximum Gasteiger partial charge on any atom is 0.293 e. The molecule has 0 N–H and O–H groups in total. The summed E-state index contributed by atoms with van der Waals surface area (Å²) in [7, 11) is 1.63. The van der Waals surface area contributed by atoms with E-state index >= 15 is 0 Å². The van der Waals surface area contributed by atoms with Crippen LogP contribution in [-0.4, -0.2) is 46.7 Å². The van der Waals surface area contributed by atoms with E-state index in [1.807, 2.05) is 35.9 Å². The highest BCUT2D eigenvalue weighted by Crippen LogP contribution is 2.33. The van der Waals surface area contributed by atoms with Gasteiger partial charge in [0, 0.05) is 35.5 Å². The Labute approximate surface area is 165 Å². The normalized spacial score (nSPS) is 16.0. The van der Waals surface area contributed by atoms with Gasteiger partial charge >= 0.3 is 0 Å². The summed E-state index contributed by atoms with van der Waals surface area (Å²) in [5.74, 6) is -0.661. The summed E-state index contributed by atoms with van der Waals surface area (Å²) < 4.78 is 7.11. The zero-order chi connectivity index (χ0) is 19.6. The van der Waals surface area contributed by atoms with Crippen molar-refractivity contribution in [1.82, 2.24) is 9.47 Å². The van der Waals surface area contributed by atoms with Crippen molar-refractivity contribution in [2.45, 2.75) is 20.4 Å². The molecule has 2 aromatic heterocycles. The highest BCUT2D eigenvalue weighted by atomic mass is 32.2. The molecule has 2 aromatic rings. The molecular formula is C19H20N2O4S2. The van der Waals surface area contributed by atoms with Crippen LogP contribution in [0, 0.1) is 13.8 Å². The third kappa shape index (κ3) is 4.07.